The number of benzene rings is 1. The van der Waals surface area contributed by atoms with Crippen LogP contribution in [0.4, 0.5) is 0 Å². The fourth-order valence-electron chi connectivity index (χ4n) is 2.02. The van der Waals surface area contributed by atoms with Gasteiger partial charge >= 0.3 is 0 Å². The lowest BCUT2D eigenvalue weighted by atomic mass is 9.87. The molecule has 2 nitrogen and oxygen atoms in total. The van der Waals surface area contributed by atoms with Crippen LogP contribution in [0.25, 0.3) is 6.08 Å². The number of rotatable bonds is 2. The Hall–Kier alpha value is -0.930. The number of aryl methyl sites for hydroxylation is 1. The summed E-state index contributed by atoms with van der Waals surface area (Å²) in [6, 6.07) is 6.27. The standard InChI is InChI=1S/C12H14O2S/c1-9-5-6-10-3-2-4-11(8-15(13)14)12(10)7-9/h2-3,5-7,11H,4,8H2,1H3,(H,13,14). The summed E-state index contributed by atoms with van der Waals surface area (Å²) in [6.07, 6.45) is 5.03. The molecule has 0 amide bonds. The molecule has 1 aromatic rings. The predicted molar refractivity (Wildman–Crippen MR) is 63.2 cm³/mol. The van der Waals surface area contributed by atoms with Gasteiger partial charge in [0, 0.05) is 5.92 Å². The van der Waals surface area contributed by atoms with E-state index >= 15 is 0 Å². The summed E-state index contributed by atoms with van der Waals surface area (Å²) >= 11 is -1.71. The first-order chi connectivity index (χ1) is 7.16. The molecule has 0 saturated heterocycles. The van der Waals surface area contributed by atoms with Crippen LogP contribution in [0.5, 0.6) is 0 Å². The van der Waals surface area contributed by atoms with Crippen molar-refractivity contribution in [1.82, 2.24) is 0 Å². The van der Waals surface area contributed by atoms with Gasteiger partial charge in [-0.15, -0.1) is 0 Å². The van der Waals surface area contributed by atoms with Crippen LogP contribution < -0.4 is 0 Å². The molecule has 2 unspecified atom stereocenters. The molecule has 1 N–H and O–H groups in total. The first-order valence-corrected chi connectivity index (χ1v) is 6.29. The highest BCUT2D eigenvalue weighted by Crippen LogP contribution is 2.30. The number of hydrogen-bond acceptors (Lipinski definition) is 1. The van der Waals surface area contributed by atoms with Crippen molar-refractivity contribution in [3.05, 3.63) is 41.0 Å². The molecule has 2 rings (SSSR count). The van der Waals surface area contributed by atoms with Gasteiger partial charge < -0.3 is 4.55 Å². The van der Waals surface area contributed by atoms with Crippen molar-refractivity contribution in [2.45, 2.75) is 19.3 Å². The van der Waals surface area contributed by atoms with Crippen LogP contribution in [0, 0.1) is 6.92 Å². The van der Waals surface area contributed by atoms with Crippen molar-refractivity contribution < 1.29 is 8.76 Å². The maximum absolute atomic E-state index is 10.8. The van der Waals surface area contributed by atoms with E-state index in [9.17, 15) is 4.21 Å². The van der Waals surface area contributed by atoms with Gasteiger partial charge in [-0.05, 0) is 24.5 Å². The van der Waals surface area contributed by atoms with Gasteiger partial charge in [0.05, 0.1) is 5.75 Å². The van der Waals surface area contributed by atoms with E-state index in [1.165, 1.54) is 16.7 Å². The van der Waals surface area contributed by atoms with Crippen LogP contribution in [-0.4, -0.2) is 14.5 Å². The van der Waals surface area contributed by atoms with Gasteiger partial charge in [-0.3, -0.25) is 0 Å². The zero-order valence-corrected chi connectivity index (χ0v) is 9.46. The molecule has 0 aliphatic heterocycles. The molecule has 0 saturated carbocycles. The van der Waals surface area contributed by atoms with E-state index in [4.69, 9.17) is 4.55 Å². The minimum absolute atomic E-state index is 0.190. The topological polar surface area (TPSA) is 37.3 Å². The summed E-state index contributed by atoms with van der Waals surface area (Å²) in [5, 5.41) is 0. The van der Waals surface area contributed by atoms with Crippen molar-refractivity contribution in [2.75, 3.05) is 5.75 Å². The molecule has 1 aliphatic carbocycles. The molecular formula is C12H14O2S. The van der Waals surface area contributed by atoms with Crippen molar-refractivity contribution in [3.8, 4) is 0 Å². The van der Waals surface area contributed by atoms with Crippen LogP contribution in [-0.2, 0) is 11.1 Å². The number of fused-ring (bicyclic) bond motifs is 1. The summed E-state index contributed by atoms with van der Waals surface area (Å²) in [6.45, 7) is 2.05. The average molecular weight is 222 g/mol. The molecule has 0 spiro atoms. The van der Waals surface area contributed by atoms with Gasteiger partial charge in [0.1, 0.15) is 0 Å². The molecule has 2 atom stereocenters. The van der Waals surface area contributed by atoms with Crippen molar-refractivity contribution in [2.24, 2.45) is 0 Å². The van der Waals surface area contributed by atoms with E-state index in [0.29, 0.717) is 5.75 Å². The Morgan fingerprint density at radius 1 is 1.53 bits per heavy atom. The first kappa shape index (κ1) is 10.6. The van der Waals surface area contributed by atoms with E-state index in [-0.39, 0.29) is 5.92 Å². The van der Waals surface area contributed by atoms with Crippen molar-refractivity contribution in [3.63, 3.8) is 0 Å². The third kappa shape index (κ3) is 2.36. The molecule has 0 bridgehead atoms. The SMILES string of the molecule is Cc1ccc2c(c1)C(CS(=O)O)CC=C2. The Morgan fingerprint density at radius 3 is 3.07 bits per heavy atom. The van der Waals surface area contributed by atoms with Gasteiger partial charge in [-0.2, -0.15) is 0 Å². The minimum Gasteiger partial charge on any atom is -0.306 e. The zero-order chi connectivity index (χ0) is 10.8. The van der Waals surface area contributed by atoms with Gasteiger partial charge in [0.25, 0.3) is 0 Å². The molecule has 3 heteroatoms. The van der Waals surface area contributed by atoms with Crippen LogP contribution >= 0.6 is 0 Å². The smallest absolute Gasteiger partial charge is 0.153 e. The van der Waals surface area contributed by atoms with Gasteiger partial charge in [0.2, 0.25) is 0 Å². The Labute approximate surface area is 92.3 Å². The Morgan fingerprint density at radius 2 is 2.33 bits per heavy atom. The van der Waals surface area contributed by atoms with Gasteiger partial charge in [0.15, 0.2) is 11.1 Å². The Bertz CT molecular complexity index is 424. The van der Waals surface area contributed by atoms with Crippen molar-refractivity contribution >= 4 is 17.2 Å². The van der Waals surface area contributed by atoms with Crippen LogP contribution in [0.15, 0.2) is 24.3 Å². The van der Waals surface area contributed by atoms with E-state index < -0.39 is 11.1 Å². The highest BCUT2D eigenvalue weighted by atomic mass is 32.2. The summed E-state index contributed by atoms with van der Waals surface area (Å²) in [7, 11) is 0. The molecular weight excluding hydrogens is 208 g/mol. The van der Waals surface area contributed by atoms with Gasteiger partial charge in [-0.1, -0.05) is 35.9 Å². The van der Waals surface area contributed by atoms with Crippen LogP contribution in [0.1, 0.15) is 29.0 Å². The molecule has 0 aromatic heterocycles. The quantitative estimate of drug-likeness (QED) is 0.781. The molecule has 15 heavy (non-hydrogen) atoms. The van der Waals surface area contributed by atoms with Crippen LogP contribution in [0.2, 0.25) is 0 Å². The van der Waals surface area contributed by atoms with E-state index in [2.05, 4.69) is 30.4 Å². The van der Waals surface area contributed by atoms with Gasteiger partial charge in [-0.25, -0.2) is 4.21 Å². The monoisotopic (exact) mass is 222 g/mol. The lowest BCUT2D eigenvalue weighted by Crippen LogP contribution is -2.12. The van der Waals surface area contributed by atoms with E-state index in [1.54, 1.807) is 0 Å². The second kappa shape index (κ2) is 4.29. The third-order valence-electron chi connectivity index (χ3n) is 2.74. The van der Waals surface area contributed by atoms with Crippen LogP contribution in [0.3, 0.4) is 0 Å². The first-order valence-electron chi connectivity index (χ1n) is 5.01. The molecule has 0 radical (unpaired) electrons. The zero-order valence-electron chi connectivity index (χ0n) is 8.64. The Balaban J connectivity index is 2.36. The predicted octanol–water partition coefficient (Wildman–Crippen LogP) is 2.72. The molecule has 0 heterocycles. The highest BCUT2D eigenvalue weighted by molar-refractivity contribution is 7.79. The summed E-state index contributed by atoms with van der Waals surface area (Å²) in [5.41, 5.74) is 3.60. The fourth-order valence-corrected chi connectivity index (χ4v) is 2.68. The largest absolute Gasteiger partial charge is 0.306 e. The highest BCUT2D eigenvalue weighted by Gasteiger charge is 2.18. The third-order valence-corrected chi connectivity index (χ3v) is 3.43. The lowest BCUT2D eigenvalue weighted by molar-refractivity contribution is 0.556. The second-order valence-corrected chi connectivity index (χ2v) is 4.93. The molecule has 1 aliphatic rings. The second-order valence-electron chi connectivity index (χ2n) is 3.96. The lowest BCUT2D eigenvalue weighted by Gasteiger charge is -2.20. The normalized spacial score (nSPS) is 21.1. The maximum atomic E-state index is 10.8. The summed E-state index contributed by atoms with van der Waals surface area (Å²) < 4.78 is 19.8. The number of allylic oxidation sites excluding steroid dienone is 1. The molecule has 0 fully saturated rings. The summed E-state index contributed by atoms with van der Waals surface area (Å²) in [5.74, 6) is 0.525. The minimum atomic E-state index is -1.71. The summed E-state index contributed by atoms with van der Waals surface area (Å²) in [4.78, 5) is 0. The van der Waals surface area contributed by atoms with Crippen molar-refractivity contribution in [1.29, 1.82) is 0 Å². The fraction of sp³-hybridized carbons (Fsp3) is 0.333. The van der Waals surface area contributed by atoms with E-state index in [0.717, 1.165) is 6.42 Å². The number of hydrogen-bond donors (Lipinski definition) is 1. The Kier molecular flexibility index (Phi) is 3.03. The van der Waals surface area contributed by atoms with E-state index in [1.807, 2.05) is 6.92 Å². The maximum Gasteiger partial charge on any atom is 0.153 e. The average Bonchev–Trinajstić information content (AvgIpc) is 2.18. The molecule has 80 valence electrons. The molecule has 1 aromatic carbocycles.